The smallest absolute Gasteiger partial charge is 0.339 e. The fourth-order valence-corrected chi connectivity index (χ4v) is 2.20. The molecule has 0 spiro atoms. The first kappa shape index (κ1) is 12.6. The van der Waals surface area contributed by atoms with Crippen molar-refractivity contribution in [1.82, 2.24) is 24.4 Å². The number of rotatable bonds is 2. The van der Waals surface area contributed by atoms with Crippen LogP contribution < -0.4 is 0 Å². The molecule has 0 aliphatic rings. The van der Waals surface area contributed by atoms with Crippen LogP contribution in [0.5, 0.6) is 0 Å². The third kappa shape index (κ3) is 1.83. The lowest BCUT2D eigenvalue weighted by Crippen LogP contribution is -2.04. The largest absolute Gasteiger partial charge is 0.465 e. The maximum Gasteiger partial charge on any atom is 0.339 e. The van der Waals surface area contributed by atoms with E-state index in [1.54, 1.807) is 34.6 Å². The summed E-state index contributed by atoms with van der Waals surface area (Å²) < 4.78 is 8.01. The zero-order valence-electron chi connectivity index (χ0n) is 10.7. The normalized spacial score (nSPS) is 10.9. The number of hydrogen-bond donors (Lipinski definition) is 0. The molecule has 3 heterocycles. The van der Waals surface area contributed by atoms with Crippen molar-refractivity contribution < 1.29 is 9.53 Å². The summed E-state index contributed by atoms with van der Waals surface area (Å²) in [7, 11) is 3.11. The summed E-state index contributed by atoms with van der Waals surface area (Å²) in [6.45, 7) is 0. The van der Waals surface area contributed by atoms with E-state index >= 15 is 0 Å². The Bertz CT molecular complexity index is 807. The van der Waals surface area contributed by atoms with Crippen molar-refractivity contribution in [2.75, 3.05) is 7.11 Å². The molecule has 0 saturated heterocycles. The second kappa shape index (κ2) is 4.61. The molecule has 102 valence electrons. The van der Waals surface area contributed by atoms with Gasteiger partial charge in [0.2, 0.25) is 0 Å². The minimum atomic E-state index is -0.474. The van der Waals surface area contributed by atoms with Gasteiger partial charge in [-0.1, -0.05) is 11.6 Å². The maximum atomic E-state index is 11.6. The zero-order valence-corrected chi connectivity index (χ0v) is 11.5. The molecule has 0 bridgehead atoms. The maximum absolute atomic E-state index is 11.6. The van der Waals surface area contributed by atoms with Crippen LogP contribution in [0, 0.1) is 0 Å². The van der Waals surface area contributed by atoms with Crippen molar-refractivity contribution in [2.45, 2.75) is 0 Å². The molecule has 0 aliphatic heterocycles. The number of aromatic nitrogens is 5. The van der Waals surface area contributed by atoms with Crippen LogP contribution in [0.2, 0.25) is 5.02 Å². The highest BCUT2D eigenvalue weighted by atomic mass is 35.5. The first-order chi connectivity index (χ1) is 9.61. The van der Waals surface area contributed by atoms with Crippen molar-refractivity contribution >= 4 is 23.2 Å². The van der Waals surface area contributed by atoms with E-state index in [1.807, 2.05) is 0 Å². The van der Waals surface area contributed by atoms with E-state index in [2.05, 4.69) is 15.3 Å². The molecule has 3 aromatic heterocycles. The van der Waals surface area contributed by atoms with Crippen LogP contribution in [0.3, 0.4) is 0 Å². The Morgan fingerprint density at radius 3 is 2.85 bits per heavy atom. The van der Waals surface area contributed by atoms with E-state index in [9.17, 15) is 4.79 Å². The molecule has 0 unspecified atom stereocenters. The quantitative estimate of drug-likeness (QED) is 0.670. The van der Waals surface area contributed by atoms with Gasteiger partial charge in [0.25, 0.3) is 0 Å². The van der Waals surface area contributed by atoms with Gasteiger partial charge in [-0.05, 0) is 12.1 Å². The molecule has 0 aliphatic carbocycles. The summed E-state index contributed by atoms with van der Waals surface area (Å²) in [5.41, 5.74) is 1.55. The summed E-state index contributed by atoms with van der Waals surface area (Å²) in [5, 5.41) is 12.5. The Hall–Kier alpha value is -2.41. The van der Waals surface area contributed by atoms with E-state index in [4.69, 9.17) is 16.3 Å². The van der Waals surface area contributed by atoms with Crippen LogP contribution in [0.1, 0.15) is 10.4 Å². The molecule has 0 radical (unpaired) electrons. The number of hydrogen-bond acceptors (Lipinski definition) is 5. The van der Waals surface area contributed by atoms with Crippen LogP contribution in [-0.4, -0.2) is 37.5 Å². The highest BCUT2D eigenvalue weighted by molar-refractivity contribution is 6.33. The molecule has 7 nitrogen and oxygen atoms in total. The van der Waals surface area contributed by atoms with Crippen LogP contribution in [0.4, 0.5) is 0 Å². The highest BCUT2D eigenvalue weighted by Crippen LogP contribution is 2.23. The summed E-state index contributed by atoms with van der Waals surface area (Å²) in [4.78, 5) is 11.6. The molecule has 0 N–H and O–H groups in total. The standard InChI is InChI=1S/C12H10ClN5O2/c1-17-9(3-4-14-17)11-16-15-10-8(13)5-7(6-18(10)11)12(19)20-2/h3-6H,1-2H3. The predicted molar refractivity (Wildman–Crippen MR) is 71.5 cm³/mol. The lowest BCUT2D eigenvalue weighted by atomic mass is 10.3. The fraction of sp³-hybridized carbons (Fsp3) is 0.167. The monoisotopic (exact) mass is 291 g/mol. The molecule has 0 aromatic carbocycles. The van der Waals surface area contributed by atoms with Gasteiger partial charge < -0.3 is 4.74 Å². The van der Waals surface area contributed by atoms with Gasteiger partial charge in [0, 0.05) is 19.4 Å². The molecule has 0 amide bonds. The Labute approximate surface area is 118 Å². The summed E-state index contributed by atoms with van der Waals surface area (Å²) in [6, 6.07) is 3.31. The predicted octanol–water partition coefficient (Wildman–Crippen LogP) is 1.57. The molecule has 3 rings (SSSR count). The van der Waals surface area contributed by atoms with Gasteiger partial charge in [-0.2, -0.15) is 5.10 Å². The highest BCUT2D eigenvalue weighted by Gasteiger charge is 2.16. The van der Waals surface area contributed by atoms with Crippen LogP contribution in [0.25, 0.3) is 17.2 Å². The average Bonchev–Trinajstić information content (AvgIpc) is 3.03. The lowest BCUT2D eigenvalue weighted by molar-refractivity contribution is 0.0600. The minimum Gasteiger partial charge on any atom is -0.465 e. The number of methoxy groups -OCH3 is 1. The Morgan fingerprint density at radius 1 is 1.40 bits per heavy atom. The van der Waals surface area contributed by atoms with Gasteiger partial charge in [-0.3, -0.25) is 9.08 Å². The van der Waals surface area contributed by atoms with Gasteiger partial charge in [0.1, 0.15) is 5.69 Å². The molecule has 0 fully saturated rings. The Balaban J connectivity index is 2.28. The number of carbonyl (C=O) groups excluding carboxylic acids is 1. The number of carbonyl (C=O) groups is 1. The average molecular weight is 292 g/mol. The molecule has 0 saturated carbocycles. The van der Waals surface area contributed by atoms with E-state index in [0.717, 1.165) is 5.69 Å². The molecule has 0 atom stereocenters. The van der Waals surface area contributed by atoms with Gasteiger partial charge in [-0.15, -0.1) is 10.2 Å². The van der Waals surface area contributed by atoms with Gasteiger partial charge in [0.15, 0.2) is 11.5 Å². The third-order valence-corrected chi connectivity index (χ3v) is 3.21. The van der Waals surface area contributed by atoms with Crippen LogP contribution in [-0.2, 0) is 11.8 Å². The van der Waals surface area contributed by atoms with Crippen LogP contribution in [0.15, 0.2) is 24.5 Å². The Kier molecular flexibility index (Phi) is 2.90. The lowest BCUT2D eigenvalue weighted by Gasteiger charge is -2.04. The zero-order chi connectivity index (χ0) is 14.3. The molecular weight excluding hydrogens is 282 g/mol. The first-order valence-electron chi connectivity index (χ1n) is 5.73. The second-order valence-electron chi connectivity index (χ2n) is 4.13. The van der Waals surface area contributed by atoms with E-state index in [0.29, 0.717) is 22.1 Å². The van der Waals surface area contributed by atoms with Gasteiger partial charge in [0.05, 0.1) is 17.7 Å². The van der Waals surface area contributed by atoms with Crippen molar-refractivity contribution in [1.29, 1.82) is 0 Å². The molecule has 8 heteroatoms. The molecule has 3 aromatic rings. The van der Waals surface area contributed by atoms with Crippen molar-refractivity contribution in [3.63, 3.8) is 0 Å². The van der Waals surface area contributed by atoms with E-state index < -0.39 is 5.97 Å². The summed E-state index contributed by atoms with van der Waals surface area (Å²) in [6.07, 6.45) is 3.25. The van der Waals surface area contributed by atoms with E-state index in [1.165, 1.54) is 13.2 Å². The molecule has 20 heavy (non-hydrogen) atoms. The second-order valence-corrected chi connectivity index (χ2v) is 4.53. The van der Waals surface area contributed by atoms with Crippen molar-refractivity contribution in [2.24, 2.45) is 7.05 Å². The van der Waals surface area contributed by atoms with Gasteiger partial charge in [-0.25, -0.2) is 4.79 Å². The summed E-state index contributed by atoms with van der Waals surface area (Å²) >= 11 is 6.12. The number of fused-ring (bicyclic) bond motifs is 1. The first-order valence-corrected chi connectivity index (χ1v) is 6.10. The SMILES string of the molecule is COC(=O)c1cc(Cl)c2nnc(-c3ccnn3C)n2c1. The number of nitrogens with zero attached hydrogens (tertiary/aromatic N) is 5. The van der Waals surface area contributed by atoms with E-state index in [-0.39, 0.29) is 0 Å². The molecular formula is C12H10ClN5O2. The van der Waals surface area contributed by atoms with Crippen molar-refractivity contribution in [3.8, 4) is 11.5 Å². The third-order valence-electron chi connectivity index (χ3n) is 2.93. The minimum absolute atomic E-state index is 0.327. The number of aryl methyl sites for hydroxylation is 1. The number of ether oxygens (including phenoxy) is 1. The number of esters is 1. The van der Waals surface area contributed by atoms with Crippen LogP contribution >= 0.6 is 11.6 Å². The number of halogens is 1. The fourth-order valence-electron chi connectivity index (χ4n) is 1.95. The van der Waals surface area contributed by atoms with Crippen molar-refractivity contribution in [3.05, 3.63) is 35.1 Å². The topological polar surface area (TPSA) is 74.3 Å². The Morgan fingerprint density at radius 2 is 2.20 bits per heavy atom. The van der Waals surface area contributed by atoms with Gasteiger partial charge >= 0.3 is 5.97 Å². The number of pyridine rings is 1. The summed E-state index contributed by atoms with van der Waals surface area (Å²) in [5.74, 6) is 0.0751.